The summed E-state index contributed by atoms with van der Waals surface area (Å²) < 4.78 is 29.9. The molecule has 5 nitrogen and oxygen atoms in total. The summed E-state index contributed by atoms with van der Waals surface area (Å²) in [6.45, 7) is 1.73. The van der Waals surface area contributed by atoms with Gasteiger partial charge in [0.15, 0.2) is 4.91 Å². The summed E-state index contributed by atoms with van der Waals surface area (Å²) in [7, 11) is -0.320. The third-order valence-electron chi connectivity index (χ3n) is 2.45. The summed E-state index contributed by atoms with van der Waals surface area (Å²) in [6.07, 6.45) is 4.38. The van der Waals surface area contributed by atoms with E-state index in [2.05, 4.69) is 0 Å². The molecule has 0 bridgehead atoms. The Morgan fingerprint density at radius 3 is 2.38 bits per heavy atom. The van der Waals surface area contributed by atoms with Gasteiger partial charge in [0.1, 0.15) is 0 Å². The molecule has 1 rings (SSSR count). The van der Waals surface area contributed by atoms with Crippen molar-refractivity contribution in [3.05, 3.63) is 53.6 Å². The summed E-state index contributed by atoms with van der Waals surface area (Å²) in [5, 5.41) is 0. The van der Waals surface area contributed by atoms with E-state index in [1.165, 1.54) is 24.3 Å². The van der Waals surface area contributed by atoms with E-state index in [-0.39, 0.29) is 16.4 Å². The van der Waals surface area contributed by atoms with Crippen LogP contribution in [0.1, 0.15) is 6.92 Å². The average molecular weight is 309 g/mol. The van der Waals surface area contributed by atoms with Gasteiger partial charge in [-0.05, 0) is 37.4 Å². The van der Waals surface area contributed by atoms with Crippen molar-refractivity contribution in [1.29, 1.82) is 0 Å². The van der Waals surface area contributed by atoms with E-state index in [0.29, 0.717) is 0 Å². The van der Waals surface area contributed by atoms with Gasteiger partial charge in [0, 0.05) is 14.1 Å². The van der Waals surface area contributed by atoms with Crippen LogP contribution in [0.2, 0.25) is 0 Å². The largest absolute Gasteiger partial charge is 0.462 e. The highest BCUT2D eigenvalue weighted by molar-refractivity contribution is 7.96. The first-order valence-corrected chi connectivity index (χ1v) is 7.90. The second-order valence-electron chi connectivity index (χ2n) is 4.37. The summed E-state index contributed by atoms with van der Waals surface area (Å²) in [5.41, 5.74) is 0. The van der Waals surface area contributed by atoms with E-state index in [1.54, 1.807) is 50.3 Å². The molecule has 0 aliphatic rings. The van der Waals surface area contributed by atoms with Gasteiger partial charge in [0.05, 0.1) is 11.5 Å². The minimum atomic E-state index is -3.90. The zero-order valence-corrected chi connectivity index (χ0v) is 13.1. The molecule has 0 spiro atoms. The molecule has 114 valence electrons. The van der Waals surface area contributed by atoms with Gasteiger partial charge in [-0.2, -0.15) is 0 Å². The van der Waals surface area contributed by atoms with Crippen LogP contribution >= 0.6 is 0 Å². The average Bonchev–Trinajstić information content (AvgIpc) is 2.44. The molecular formula is C15H19NO4S. The molecular weight excluding hydrogens is 290 g/mol. The molecule has 0 amide bonds. The number of carbonyl (C=O) groups excluding carboxylic acids is 1. The Labute approximate surface area is 125 Å². The van der Waals surface area contributed by atoms with Crippen molar-refractivity contribution < 1.29 is 17.9 Å². The molecule has 1 aromatic carbocycles. The quantitative estimate of drug-likeness (QED) is 0.457. The monoisotopic (exact) mass is 309 g/mol. The Bertz CT molecular complexity index is 631. The van der Waals surface area contributed by atoms with Crippen LogP contribution in [0.3, 0.4) is 0 Å². The van der Waals surface area contributed by atoms with Crippen molar-refractivity contribution in [2.75, 3.05) is 20.7 Å². The number of sulfone groups is 1. The molecule has 0 unspecified atom stereocenters. The molecule has 0 saturated heterocycles. The number of allylic oxidation sites excluding steroid dienone is 2. The van der Waals surface area contributed by atoms with Crippen LogP contribution in [0.25, 0.3) is 0 Å². The summed E-state index contributed by atoms with van der Waals surface area (Å²) in [6, 6.07) is 7.80. The Kier molecular flexibility index (Phi) is 6.17. The van der Waals surface area contributed by atoms with Crippen LogP contribution in [-0.4, -0.2) is 40.0 Å². The highest BCUT2D eigenvalue weighted by Gasteiger charge is 2.27. The van der Waals surface area contributed by atoms with E-state index in [9.17, 15) is 13.2 Å². The molecule has 6 heteroatoms. The van der Waals surface area contributed by atoms with Gasteiger partial charge in [-0.3, -0.25) is 0 Å². The van der Waals surface area contributed by atoms with Crippen molar-refractivity contribution in [2.45, 2.75) is 11.8 Å². The lowest BCUT2D eigenvalue weighted by atomic mass is 10.4. The topological polar surface area (TPSA) is 63.7 Å². The van der Waals surface area contributed by atoms with E-state index < -0.39 is 15.8 Å². The fourth-order valence-electron chi connectivity index (χ4n) is 1.50. The molecule has 0 aliphatic carbocycles. The van der Waals surface area contributed by atoms with E-state index in [4.69, 9.17) is 4.74 Å². The first-order chi connectivity index (χ1) is 9.89. The van der Waals surface area contributed by atoms with Gasteiger partial charge in [-0.25, -0.2) is 13.2 Å². The Morgan fingerprint density at radius 2 is 1.86 bits per heavy atom. The first kappa shape index (κ1) is 17.0. The zero-order chi connectivity index (χ0) is 15.9. The lowest BCUT2D eigenvalue weighted by molar-refractivity contribution is -0.137. The van der Waals surface area contributed by atoms with Crippen LogP contribution in [0.5, 0.6) is 0 Å². The molecule has 0 radical (unpaired) electrons. The van der Waals surface area contributed by atoms with E-state index >= 15 is 0 Å². The number of carbonyl (C=O) groups is 1. The number of esters is 1. The van der Waals surface area contributed by atoms with Crippen molar-refractivity contribution in [1.82, 2.24) is 4.90 Å². The number of benzene rings is 1. The van der Waals surface area contributed by atoms with Crippen LogP contribution in [0, 0.1) is 0 Å². The third-order valence-corrected chi connectivity index (χ3v) is 4.23. The predicted molar refractivity (Wildman–Crippen MR) is 81.2 cm³/mol. The zero-order valence-electron chi connectivity index (χ0n) is 12.3. The fourth-order valence-corrected chi connectivity index (χ4v) is 2.80. The van der Waals surface area contributed by atoms with Crippen LogP contribution in [0.4, 0.5) is 0 Å². The second-order valence-corrected chi connectivity index (χ2v) is 6.29. The molecule has 0 heterocycles. The van der Waals surface area contributed by atoms with E-state index in [1.807, 2.05) is 0 Å². The lowest BCUT2D eigenvalue weighted by Gasteiger charge is -2.08. The first-order valence-electron chi connectivity index (χ1n) is 6.41. The highest BCUT2D eigenvalue weighted by Crippen LogP contribution is 2.20. The maximum atomic E-state index is 12.5. The number of hydrogen-bond acceptors (Lipinski definition) is 5. The summed E-state index contributed by atoms with van der Waals surface area (Å²) >= 11 is 0. The van der Waals surface area contributed by atoms with Crippen molar-refractivity contribution in [3.8, 4) is 0 Å². The molecule has 1 aromatic rings. The Balaban J connectivity index is 3.27. The minimum absolute atomic E-state index is 0.0579. The third kappa shape index (κ3) is 4.75. The van der Waals surface area contributed by atoms with Crippen molar-refractivity contribution in [2.24, 2.45) is 0 Å². The number of hydrogen-bond donors (Lipinski definition) is 0. The van der Waals surface area contributed by atoms with Crippen LogP contribution in [0.15, 0.2) is 58.5 Å². The molecule has 0 aromatic heterocycles. The van der Waals surface area contributed by atoms with Gasteiger partial charge in [0.2, 0.25) is 9.84 Å². The van der Waals surface area contributed by atoms with Gasteiger partial charge in [-0.1, -0.05) is 18.2 Å². The number of nitrogens with zero attached hydrogens (tertiary/aromatic N) is 1. The maximum Gasteiger partial charge on any atom is 0.350 e. The van der Waals surface area contributed by atoms with Crippen LogP contribution < -0.4 is 0 Å². The van der Waals surface area contributed by atoms with E-state index in [0.717, 1.165) is 0 Å². The van der Waals surface area contributed by atoms with Crippen molar-refractivity contribution in [3.63, 3.8) is 0 Å². The summed E-state index contributed by atoms with van der Waals surface area (Å²) in [4.78, 5) is 13.3. The van der Waals surface area contributed by atoms with Crippen molar-refractivity contribution >= 4 is 15.8 Å². The van der Waals surface area contributed by atoms with Gasteiger partial charge in [-0.15, -0.1) is 0 Å². The maximum absolute atomic E-state index is 12.5. The normalized spacial score (nSPS) is 12.4. The Hall–Kier alpha value is -2.08. The predicted octanol–water partition coefficient (Wildman–Crippen LogP) is 1.98. The molecule has 0 N–H and O–H groups in total. The second kappa shape index (κ2) is 7.64. The number of ether oxygens (including phenoxy) is 1. The molecule has 0 saturated carbocycles. The van der Waals surface area contributed by atoms with Gasteiger partial charge < -0.3 is 9.64 Å². The molecule has 0 fully saturated rings. The van der Waals surface area contributed by atoms with Crippen LogP contribution in [-0.2, 0) is 19.4 Å². The summed E-state index contributed by atoms with van der Waals surface area (Å²) in [5.74, 6) is -0.857. The standard InChI is InChI=1S/C15H19NO4S/c1-4-20-15(17)14(11-8-12-16(2)3)21(18,19)13-9-6-5-7-10-13/h5-12H,4H2,1-3H3/b12-8+,14-11+. The molecule has 21 heavy (non-hydrogen) atoms. The minimum Gasteiger partial charge on any atom is -0.462 e. The van der Waals surface area contributed by atoms with Gasteiger partial charge in [0.25, 0.3) is 0 Å². The molecule has 0 atom stereocenters. The number of rotatable bonds is 6. The SMILES string of the molecule is CCOC(=O)/C(=C\C=C\N(C)C)S(=O)(=O)c1ccccc1. The smallest absolute Gasteiger partial charge is 0.350 e. The van der Waals surface area contributed by atoms with Gasteiger partial charge >= 0.3 is 5.97 Å². The lowest BCUT2D eigenvalue weighted by Crippen LogP contribution is -2.16. The molecule has 0 aliphatic heterocycles. The highest BCUT2D eigenvalue weighted by atomic mass is 32.2. The Morgan fingerprint density at radius 1 is 1.24 bits per heavy atom. The fraction of sp³-hybridized carbons (Fsp3) is 0.267.